The Morgan fingerprint density at radius 1 is 1.20 bits per heavy atom. The monoisotopic (exact) mass is 207 g/mol. The second-order valence-electron chi connectivity index (χ2n) is 5.28. The van der Waals surface area contributed by atoms with Crippen molar-refractivity contribution in [2.75, 3.05) is 0 Å². The number of aryl methyl sites for hydroxylation is 1. The molecule has 1 N–H and O–H groups in total. The molecule has 0 spiro atoms. The third-order valence-electron chi connectivity index (χ3n) is 4.35. The molecule has 1 aromatic rings. The summed E-state index contributed by atoms with van der Waals surface area (Å²) < 4.78 is 1.78. The standard InChI is InChI=1S/C11H17N3O/c1-14-8-9(12-13-14)10-2-5-11(15,6-3-10)7-4-10/h8,15H,2-7H2,1H3. The van der Waals surface area contributed by atoms with Crippen LogP contribution >= 0.6 is 0 Å². The largest absolute Gasteiger partial charge is 0.390 e. The van der Waals surface area contributed by atoms with E-state index < -0.39 is 0 Å². The van der Waals surface area contributed by atoms with Crippen molar-refractivity contribution in [3.63, 3.8) is 0 Å². The highest BCUT2D eigenvalue weighted by Crippen LogP contribution is 2.52. The zero-order chi connectivity index (χ0) is 10.5. The van der Waals surface area contributed by atoms with Gasteiger partial charge < -0.3 is 5.11 Å². The summed E-state index contributed by atoms with van der Waals surface area (Å²) in [4.78, 5) is 0. The smallest absolute Gasteiger partial charge is 0.0888 e. The van der Waals surface area contributed by atoms with Crippen LogP contribution in [-0.4, -0.2) is 25.7 Å². The van der Waals surface area contributed by atoms with E-state index in [0.29, 0.717) is 0 Å². The quantitative estimate of drug-likeness (QED) is 0.751. The summed E-state index contributed by atoms with van der Waals surface area (Å²) in [5.74, 6) is 0. The van der Waals surface area contributed by atoms with Crippen molar-refractivity contribution >= 4 is 0 Å². The molecule has 0 radical (unpaired) electrons. The Kier molecular flexibility index (Phi) is 1.75. The van der Waals surface area contributed by atoms with Crippen LogP contribution in [0.5, 0.6) is 0 Å². The first-order chi connectivity index (χ1) is 7.12. The second-order valence-corrected chi connectivity index (χ2v) is 5.28. The van der Waals surface area contributed by atoms with E-state index in [9.17, 15) is 5.11 Å². The lowest BCUT2D eigenvalue weighted by molar-refractivity contribution is -0.0670. The minimum Gasteiger partial charge on any atom is -0.390 e. The van der Waals surface area contributed by atoms with Crippen molar-refractivity contribution in [1.82, 2.24) is 15.0 Å². The molecule has 15 heavy (non-hydrogen) atoms. The van der Waals surface area contributed by atoms with Crippen LogP contribution in [0.2, 0.25) is 0 Å². The first-order valence-corrected chi connectivity index (χ1v) is 5.71. The molecule has 3 fully saturated rings. The summed E-state index contributed by atoms with van der Waals surface area (Å²) in [5.41, 5.74) is 0.995. The molecule has 4 rings (SSSR count). The van der Waals surface area contributed by atoms with E-state index in [1.807, 2.05) is 13.2 Å². The molecule has 1 heterocycles. The van der Waals surface area contributed by atoms with Gasteiger partial charge in [-0.3, -0.25) is 4.68 Å². The summed E-state index contributed by atoms with van der Waals surface area (Å²) in [6.45, 7) is 0. The average molecular weight is 207 g/mol. The van der Waals surface area contributed by atoms with Gasteiger partial charge >= 0.3 is 0 Å². The van der Waals surface area contributed by atoms with Crippen LogP contribution in [0.1, 0.15) is 44.2 Å². The lowest BCUT2D eigenvalue weighted by Crippen LogP contribution is -2.48. The molecule has 4 heteroatoms. The molecule has 0 amide bonds. The van der Waals surface area contributed by atoms with Crippen LogP contribution in [-0.2, 0) is 12.5 Å². The summed E-state index contributed by atoms with van der Waals surface area (Å²) >= 11 is 0. The number of fused-ring (bicyclic) bond motifs is 3. The molecule has 3 saturated carbocycles. The number of aliphatic hydroxyl groups is 1. The first-order valence-electron chi connectivity index (χ1n) is 5.71. The van der Waals surface area contributed by atoms with Crippen LogP contribution in [0.4, 0.5) is 0 Å². The van der Waals surface area contributed by atoms with E-state index in [2.05, 4.69) is 10.3 Å². The third kappa shape index (κ3) is 1.31. The molecule has 0 aromatic carbocycles. The first kappa shape index (κ1) is 9.33. The van der Waals surface area contributed by atoms with E-state index in [0.717, 1.165) is 44.2 Å². The minimum atomic E-state index is -0.357. The van der Waals surface area contributed by atoms with Crippen LogP contribution < -0.4 is 0 Å². The molecule has 4 nitrogen and oxygen atoms in total. The molecule has 82 valence electrons. The van der Waals surface area contributed by atoms with Crippen LogP contribution in [0, 0.1) is 0 Å². The number of rotatable bonds is 1. The summed E-state index contributed by atoms with van der Waals surface area (Å²) in [6, 6.07) is 0. The van der Waals surface area contributed by atoms with Gasteiger partial charge in [0.25, 0.3) is 0 Å². The highest BCUT2D eigenvalue weighted by molar-refractivity contribution is 5.18. The van der Waals surface area contributed by atoms with E-state index in [1.165, 1.54) is 0 Å². The molecule has 0 atom stereocenters. The topological polar surface area (TPSA) is 50.9 Å². The second kappa shape index (κ2) is 2.82. The number of hydrogen-bond donors (Lipinski definition) is 1. The van der Waals surface area contributed by atoms with E-state index in [4.69, 9.17) is 0 Å². The molecule has 0 aliphatic heterocycles. The van der Waals surface area contributed by atoms with Gasteiger partial charge in [0.1, 0.15) is 0 Å². The SMILES string of the molecule is Cn1cc(C23CCC(O)(CC2)CC3)nn1. The van der Waals surface area contributed by atoms with Crippen molar-refractivity contribution in [3.8, 4) is 0 Å². The third-order valence-corrected chi connectivity index (χ3v) is 4.35. The van der Waals surface area contributed by atoms with Crippen molar-refractivity contribution in [2.45, 2.75) is 49.5 Å². The Balaban J connectivity index is 1.93. The van der Waals surface area contributed by atoms with Crippen molar-refractivity contribution in [1.29, 1.82) is 0 Å². The van der Waals surface area contributed by atoms with Crippen LogP contribution in [0.3, 0.4) is 0 Å². The van der Waals surface area contributed by atoms with Gasteiger partial charge in [-0.05, 0) is 38.5 Å². The predicted molar refractivity (Wildman–Crippen MR) is 55.3 cm³/mol. The zero-order valence-corrected chi connectivity index (χ0v) is 9.11. The van der Waals surface area contributed by atoms with Crippen molar-refractivity contribution in [3.05, 3.63) is 11.9 Å². The van der Waals surface area contributed by atoms with Gasteiger partial charge in [0.2, 0.25) is 0 Å². The van der Waals surface area contributed by atoms with Crippen molar-refractivity contribution < 1.29 is 5.11 Å². The van der Waals surface area contributed by atoms with Gasteiger partial charge in [0.15, 0.2) is 0 Å². The predicted octanol–water partition coefficient (Wildman–Crippen LogP) is 1.15. The molecular weight excluding hydrogens is 190 g/mol. The average Bonchev–Trinajstić information content (AvgIpc) is 2.67. The van der Waals surface area contributed by atoms with Crippen molar-refractivity contribution in [2.24, 2.45) is 7.05 Å². The van der Waals surface area contributed by atoms with Gasteiger partial charge in [-0.15, -0.1) is 5.10 Å². The molecule has 0 unspecified atom stereocenters. The van der Waals surface area contributed by atoms with Gasteiger partial charge in [-0.25, -0.2) is 0 Å². The normalized spacial score (nSPS) is 39.6. The maximum atomic E-state index is 10.1. The number of aromatic nitrogens is 3. The fourth-order valence-electron chi connectivity index (χ4n) is 3.14. The summed E-state index contributed by atoms with van der Waals surface area (Å²) in [5, 5.41) is 18.4. The maximum Gasteiger partial charge on any atom is 0.0888 e. The molecule has 3 aliphatic rings. The van der Waals surface area contributed by atoms with Crippen LogP contribution in [0.25, 0.3) is 0 Å². The lowest BCUT2D eigenvalue weighted by Gasteiger charge is -2.50. The Morgan fingerprint density at radius 3 is 2.27 bits per heavy atom. The Morgan fingerprint density at radius 2 is 1.80 bits per heavy atom. The molecule has 1 aromatic heterocycles. The number of nitrogens with zero attached hydrogens (tertiary/aromatic N) is 3. The fraction of sp³-hybridized carbons (Fsp3) is 0.818. The Bertz CT molecular complexity index is 360. The molecular formula is C11H17N3O. The minimum absolute atomic E-state index is 0.221. The Hall–Kier alpha value is -0.900. The maximum absolute atomic E-state index is 10.1. The van der Waals surface area contributed by atoms with E-state index in [1.54, 1.807) is 4.68 Å². The van der Waals surface area contributed by atoms with Gasteiger partial charge in [-0.2, -0.15) is 0 Å². The fourth-order valence-corrected chi connectivity index (χ4v) is 3.14. The summed E-state index contributed by atoms with van der Waals surface area (Å²) in [6.07, 6.45) is 8.05. The van der Waals surface area contributed by atoms with E-state index in [-0.39, 0.29) is 11.0 Å². The molecule has 2 bridgehead atoms. The van der Waals surface area contributed by atoms with Gasteiger partial charge in [0, 0.05) is 18.7 Å². The lowest BCUT2D eigenvalue weighted by atomic mass is 9.57. The van der Waals surface area contributed by atoms with E-state index >= 15 is 0 Å². The zero-order valence-electron chi connectivity index (χ0n) is 9.11. The highest BCUT2D eigenvalue weighted by atomic mass is 16.3. The number of hydrogen-bond acceptors (Lipinski definition) is 3. The molecule has 0 saturated heterocycles. The van der Waals surface area contributed by atoms with Crippen LogP contribution in [0.15, 0.2) is 6.20 Å². The summed E-state index contributed by atoms with van der Waals surface area (Å²) in [7, 11) is 1.91. The molecule has 3 aliphatic carbocycles. The Labute approximate surface area is 89.3 Å². The van der Waals surface area contributed by atoms with Gasteiger partial charge in [-0.1, -0.05) is 5.21 Å². The van der Waals surface area contributed by atoms with Gasteiger partial charge in [0.05, 0.1) is 11.3 Å². The highest BCUT2D eigenvalue weighted by Gasteiger charge is 2.49.